The number of carbonyl (C=O) groups is 3. The molecular weight excluding hydrogens is 426 g/mol. The first-order chi connectivity index (χ1) is 16.0. The molecule has 3 rings (SSSR count). The Morgan fingerprint density at radius 1 is 1.09 bits per heavy atom. The van der Waals surface area contributed by atoms with Gasteiger partial charge in [-0.25, -0.2) is 0 Å². The van der Waals surface area contributed by atoms with E-state index in [1.165, 1.54) is 7.11 Å². The lowest BCUT2D eigenvalue weighted by Crippen LogP contribution is -2.57. The zero-order valence-corrected chi connectivity index (χ0v) is 18.8. The molecule has 0 bridgehead atoms. The van der Waals surface area contributed by atoms with Crippen LogP contribution in [0.5, 0.6) is 11.5 Å². The highest BCUT2D eigenvalue weighted by molar-refractivity contribution is 5.88. The predicted octanol–water partition coefficient (Wildman–Crippen LogP) is 1.25. The van der Waals surface area contributed by atoms with E-state index < -0.39 is 12.0 Å². The van der Waals surface area contributed by atoms with E-state index in [0.717, 1.165) is 11.1 Å². The van der Waals surface area contributed by atoms with Gasteiger partial charge < -0.3 is 24.8 Å². The number of nitrogens with zero attached hydrogens (tertiary/aromatic N) is 1. The molecule has 1 aliphatic heterocycles. The molecule has 0 aliphatic carbocycles. The molecule has 2 amide bonds. The molecule has 0 aromatic heterocycles. The quantitative estimate of drug-likeness (QED) is 0.520. The lowest BCUT2D eigenvalue weighted by Gasteiger charge is -2.33. The van der Waals surface area contributed by atoms with Crippen molar-refractivity contribution in [2.45, 2.75) is 25.6 Å². The smallest absolute Gasteiger partial charge is 0.307 e. The fourth-order valence-corrected chi connectivity index (χ4v) is 3.53. The standard InChI is InChI=1S/C24H29N3O6/c1-31-21-12-18(8-9-20(21)33-16-17-6-4-3-5-7-17)14-26-22(28)15-27-11-10-25-24(30)19(27)13-23(29)32-2/h3-9,12,19H,10-11,13-16H2,1-2H3,(H,25,30)(H,26,28). The van der Waals surface area contributed by atoms with Crippen LogP contribution in [0.25, 0.3) is 0 Å². The van der Waals surface area contributed by atoms with Crippen LogP contribution in [0, 0.1) is 0 Å². The van der Waals surface area contributed by atoms with Gasteiger partial charge in [0.2, 0.25) is 11.8 Å². The summed E-state index contributed by atoms with van der Waals surface area (Å²) >= 11 is 0. The molecule has 1 unspecified atom stereocenters. The van der Waals surface area contributed by atoms with Crippen molar-refractivity contribution in [3.05, 3.63) is 59.7 Å². The normalized spacial score (nSPS) is 15.9. The van der Waals surface area contributed by atoms with Crippen LogP contribution >= 0.6 is 0 Å². The first kappa shape index (κ1) is 24.1. The maximum atomic E-state index is 12.5. The molecule has 9 heteroatoms. The highest BCUT2D eigenvalue weighted by Gasteiger charge is 2.32. The van der Waals surface area contributed by atoms with Crippen molar-refractivity contribution in [3.63, 3.8) is 0 Å². The third-order valence-corrected chi connectivity index (χ3v) is 5.33. The summed E-state index contributed by atoms with van der Waals surface area (Å²) in [5, 5.41) is 5.57. The van der Waals surface area contributed by atoms with E-state index in [2.05, 4.69) is 15.4 Å². The van der Waals surface area contributed by atoms with E-state index in [4.69, 9.17) is 9.47 Å². The van der Waals surface area contributed by atoms with Crippen molar-refractivity contribution in [1.29, 1.82) is 0 Å². The molecule has 2 aromatic rings. The van der Waals surface area contributed by atoms with Crippen LogP contribution in [0.1, 0.15) is 17.5 Å². The molecule has 9 nitrogen and oxygen atoms in total. The summed E-state index contributed by atoms with van der Waals surface area (Å²) in [6.45, 7) is 1.61. The number of carbonyl (C=O) groups excluding carboxylic acids is 3. The molecule has 0 saturated carbocycles. The minimum atomic E-state index is -0.724. The minimum Gasteiger partial charge on any atom is -0.493 e. The predicted molar refractivity (Wildman–Crippen MR) is 121 cm³/mol. The van der Waals surface area contributed by atoms with Crippen LogP contribution in [0.15, 0.2) is 48.5 Å². The maximum absolute atomic E-state index is 12.5. The van der Waals surface area contributed by atoms with E-state index in [-0.39, 0.29) is 31.3 Å². The van der Waals surface area contributed by atoms with Gasteiger partial charge in [0.25, 0.3) is 0 Å². The number of nitrogens with one attached hydrogen (secondary N) is 2. The van der Waals surface area contributed by atoms with E-state index in [1.54, 1.807) is 12.0 Å². The fourth-order valence-electron chi connectivity index (χ4n) is 3.53. The summed E-state index contributed by atoms with van der Waals surface area (Å²) in [6.07, 6.45) is -0.0999. The molecule has 0 spiro atoms. The summed E-state index contributed by atoms with van der Waals surface area (Å²) in [5.74, 6) is 0.160. The Morgan fingerprint density at radius 3 is 2.61 bits per heavy atom. The van der Waals surface area contributed by atoms with Crippen molar-refractivity contribution in [2.24, 2.45) is 0 Å². The van der Waals surface area contributed by atoms with Crippen LogP contribution < -0.4 is 20.1 Å². The number of methoxy groups -OCH3 is 2. The Labute approximate surface area is 193 Å². The molecule has 1 atom stereocenters. The van der Waals surface area contributed by atoms with Crippen molar-refractivity contribution < 1.29 is 28.6 Å². The van der Waals surface area contributed by atoms with Crippen LogP contribution in [0.2, 0.25) is 0 Å². The second kappa shape index (κ2) is 11.9. The van der Waals surface area contributed by atoms with Gasteiger partial charge >= 0.3 is 5.97 Å². The molecule has 2 aromatic carbocycles. The van der Waals surface area contributed by atoms with Crippen molar-refractivity contribution in [2.75, 3.05) is 33.9 Å². The van der Waals surface area contributed by atoms with Crippen molar-refractivity contribution in [1.82, 2.24) is 15.5 Å². The number of amides is 2. The van der Waals surface area contributed by atoms with E-state index in [9.17, 15) is 14.4 Å². The average molecular weight is 456 g/mol. The third kappa shape index (κ3) is 6.95. The summed E-state index contributed by atoms with van der Waals surface area (Å²) in [5.41, 5.74) is 1.89. The Balaban J connectivity index is 1.54. The Kier molecular flexibility index (Phi) is 8.65. The van der Waals surface area contributed by atoms with Gasteiger partial charge in [-0.1, -0.05) is 36.4 Å². The van der Waals surface area contributed by atoms with Gasteiger partial charge in [0, 0.05) is 19.6 Å². The molecule has 33 heavy (non-hydrogen) atoms. The van der Waals surface area contributed by atoms with Gasteiger partial charge in [-0.2, -0.15) is 0 Å². The summed E-state index contributed by atoms with van der Waals surface area (Å²) < 4.78 is 16.0. The van der Waals surface area contributed by atoms with Crippen molar-refractivity contribution >= 4 is 17.8 Å². The first-order valence-corrected chi connectivity index (χ1v) is 10.7. The van der Waals surface area contributed by atoms with Gasteiger partial charge in [-0.05, 0) is 23.3 Å². The Morgan fingerprint density at radius 2 is 1.88 bits per heavy atom. The van der Waals surface area contributed by atoms with E-state index in [1.807, 2.05) is 48.5 Å². The topological polar surface area (TPSA) is 106 Å². The number of rotatable bonds is 10. The second-order valence-electron chi connectivity index (χ2n) is 7.59. The van der Waals surface area contributed by atoms with Crippen LogP contribution in [-0.2, 0) is 32.3 Å². The highest BCUT2D eigenvalue weighted by Crippen LogP contribution is 2.28. The molecule has 1 aliphatic rings. The Hall–Kier alpha value is -3.59. The average Bonchev–Trinajstić information content (AvgIpc) is 2.84. The van der Waals surface area contributed by atoms with Crippen LogP contribution in [-0.4, -0.2) is 62.6 Å². The summed E-state index contributed by atoms with van der Waals surface area (Å²) in [4.78, 5) is 38.0. The molecule has 1 fully saturated rings. The lowest BCUT2D eigenvalue weighted by atomic mass is 10.1. The van der Waals surface area contributed by atoms with Gasteiger partial charge in [0.15, 0.2) is 11.5 Å². The Bertz CT molecular complexity index is 966. The SMILES string of the molecule is COC(=O)CC1C(=O)NCCN1CC(=O)NCc1ccc(OCc2ccccc2)c(OC)c1. The molecule has 0 radical (unpaired) electrons. The van der Waals surface area contributed by atoms with Gasteiger partial charge in [-0.3, -0.25) is 19.3 Å². The largest absolute Gasteiger partial charge is 0.493 e. The lowest BCUT2D eigenvalue weighted by molar-refractivity contribution is -0.146. The summed E-state index contributed by atoms with van der Waals surface area (Å²) in [6, 6.07) is 14.6. The zero-order valence-electron chi connectivity index (χ0n) is 18.8. The van der Waals surface area contributed by atoms with E-state index >= 15 is 0 Å². The van der Waals surface area contributed by atoms with Crippen LogP contribution in [0.3, 0.4) is 0 Å². The second-order valence-corrected chi connectivity index (χ2v) is 7.59. The highest BCUT2D eigenvalue weighted by atomic mass is 16.5. The van der Waals surface area contributed by atoms with E-state index in [0.29, 0.717) is 31.2 Å². The number of hydrogen-bond acceptors (Lipinski definition) is 7. The molecule has 1 saturated heterocycles. The first-order valence-electron chi connectivity index (χ1n) is 10.7. The third-order valence-electron chi connectivity index (χ3n) is 5.33. The molecular formula is C24H29N3O6. The number of ether oxygens (including phenoxy) is 3. The summed E-state index contributed by atoms with van der Waals surface area (Å²) in [7, 11) is 2.84. The number of hydrogen-bond donors (Lipinski definition) is 2. The number of esters is 1. The number of piperazine rings is 1. The van der Waals surface area contributed by atoms with Crippen LogP contribution in [0.4, 0.5) is 0 Å². The molecule has 2 N–H and O–H groups in total. The minimum absolute atomic E-state index is 0.00445. The zero-order chi connectivity index (χ0) is 23.6. The molecule has 176 valence electrons. The van der Waals surface area contributed by atoms with Crippen molar-refractivity contribution in [3.8, 4) is 11.5 Å². The molecule has 1 heterocycles. The van der Waals surface area contributed by atoms with Gasteiger partial charge in [-0.15, -0.1) is 0 Å². The monoisotopic (exact) mass is 455 g/mol. The maximum Gasteiger partial charge on any atom is 0.307 e. The fraction of sp³-hybridized carbons (Fsp3) is 0.375. The van der Waals surface area contributed by atoms with Gasteiger partial charge in [0.1, 0.15) is 12.6 Å². The number of benzene rings is 2. The van der Waals surface area contributed by atoms with Gasteiger partial charge in [0.05, 0.1) is 27.2 Å².